The van der Waals surface area contributed by atoms with Gasteiger partial charge < -0.3 is 5.32 Å². The summed E-state index contributed by atoms with van der Waals surface area (Å²) in [5.41, 5.74) is 1.33. The SMILES string of the molecule is CNC(=O)c1ccc(S(=O)(=O)N2CCCC2c2nc3ccccc3s2)cc1. The lowest BCUT2D eigenvalue weighted by Gasteiger charge is -2.22. The highest BCUT2D eigenvalue weighted by atomic mass is 32.2. The van der Waals surface area contributed by atoms with Crippen molar-refractivity contribution in [1.29, 1.82) is 0 Å². The number of benzene rings is 2. The lowest BCUT2D eigenvalue weighted by molar-refractivity contribution is 0.0963. The number of hydrogen-bond donors (Lipinski definition) is 1. The van der Waals surface area contributed by atoms with E-state index in [1.54, 1.807) is 22.7 Å². The number of carbonyl (C=O) groups is 1. The van der Waals surface area contributed by atoms with Crippen LogP contribution in [-0.4, -0.2) is 37.2 Å². The Hall–Kier alpha value is -2.29. The number of carbonyl (C=O) groups excluding carboxylic acids is 1. The molecule has 27 heavy (non-hydrogen) atoms. The third kappa shape index (κ3) is 3.24. The summed E-state index contributed by atoms with van der Waals surface area (Å²) in [5.74, 6) is -0.243. The first kappa shape index (κ1) is 18.1. The van der Waals surface area contributed by atoms with Crippen molar-refractivity contribution in [3.8, 4) is 0 Å². The fourth-order valence-electron chi connectivity index (χ4n) is 3.37. The number of fused-ring (bicyclic) bond motifs is 1. The van der Waals surface area contributed by atoms with Gasteiger partial charge in [-0.25, -0.2) is 13.4 Å². The van der Waals surface area contributed by atoms with Gasteiger partial charge in [-0.1, -0.05) is 12.1 Å². The maximum Gasteiger partial charge on any atom is 0.251 e. The van der Waals surface area contributed by atoms with Crippen LogP contribution in [0.3, 0.4) is 0 Å². The molecule has 1 aliphatic heterocycles. The zero-order chi connectivity index (χ0) is 19.0. The Bertz CT molecular complexity index is 1060. The number of rotatable bonds is 4. The number of thiazole rings is 1. The van der Waals surface area contributed by atoms with Crippen LogP contribution in [0.5, 0.6) is 0 Å². The van der Waals surface area contributed by atoms with E-state index in [1.165, 1.54) is 24.3 Å². The van der Waals surface area contributed by atoms with Crippen LogP contribution < -0.4 is 5.32 Å². The minimum Gasteiger partial charge on any atom is -0.355 e. The van der Waals surface area contributed by atoms with E-state index in [-0.39, 0.29) is 16.8 Å². The largest absolute Gasteiger partial charge is 0.355 e. The standard InChI is InChI=1S/C19H19N3O3S2/c1-20-18(23)13-8-10-14(11-9-13)27(24,25)22-12-4-6-16(22)19-21-15-5-2-3-7-17(15)26-19/h2-3,5,7-11,16H,4,6,12H2,1H3,(H,20,23). The minimum atomic E-state index is -3.65. The normalized spacial score (nSPS) is 18.0. The monoisotopic (exact) mass is 401 g/mol. The second-order valence-corrected chi connectivity index (χ2v) is 9.35. The zero-order valence-electron chi connectivity index (χ0n) is 14.8. The van der Waals surface area contributed by atoms with Crippen molar-refractivity contribution in [1.82, 2.24) is 14.6 Å². The molecule has 1 N–H and O–H groups in total. The van der Waals surface area contributed by atoms with Gasteiger partial charge in [0.05, 0.1) is 21.2 Å². The Labute approximate surface area is 161 Å². The summed E-state index contributed by atoms with van der Waals surface area (Å²) in [6.45, 7) is 0.472. The van der Waals surface area contributed by atoms with Crippen LogP contribution in [0.4, 0.5) is 0 Å². The Morgan fingerprint density at radius 1 is 1.19 bits per heavy atom. The molecule has 1 aliphatic rings. The van der Waals surface area contributed by atoms with Gasteiger partial charge in [-0.15, -0.1) is 11.3 Å². The van der Waals surface area contributed by atoms with Crippen LogP contribution in [0.1, 0.15) is 34.2 Å². The molecule has 0 aliphatic carbocycles. The maximum absolute atomic E-state index is 13.2. The van der Waals surface area contributed by atoms with Crippen LogP contribution in [0.25, 0.3) is 10.2 Å². The number of nitrogens with one attached hydrogen (secondary N) is 1. The van der Waals surface area contributed by atoms with Crippen LogP contribution in [-0.2, 0) is 10.0 Å². The van der Waals surface area contributed by atoms with Crippen molar-refractivity contribution in [2.45, 2.75) is 23.8 Å². The van der Waals surface area contributed by atoms with E-state index in [9.17, 15) is 13.2 Å². The van der Waals surface area contributed by atoms with Gasteiger partial charge in [0.2, 0.25) is 10.0 Å². The number of sulfonamides is 1. The summed E-state index contributed by atoms with van der Waals surface area (Å²) in [6, 6.07) is 13.7. The Morgan fingerprint density at radius 2 is 1.93 bits per heavy atom. The van der Waals surface area contributed by atoms with Crippen LogP contribution in [0.15, 0.2) is 53.4 Å². The summed E-state index contributed by atoms with van der Waals surface area (Å²) in [7, 11) is -2.11. The van der Waals surface area contributed by atoms with E-state index in [1.807, 2.05) is 24.3 Å². The summed E-state index contributed by atoms with van der Waals surface area (Å²) in [4.78, 5) is 16.5. The first-order valence-electron chi connectivity index (χ1n) is 8.70. The van der Waals surface area contributed by atoms with E-state index >= 15 is 0 Å². The molecule has 0 radical (unpaired) electrons. The van der Waals surface area contributed by atoms with E-state index < -0.39 is 10.0 Å². The van der Waals surface area contributed by atoms with E-state index in [2.05, 4.69) is 10.3 Å². The number of nitrogens with zero attached hydrogens (tertiary/aromatic N) is 2. The first-order valence-corrected chi connectivity index (χ1v) is 11.0. The van der Waals surface area contributed by atoms with E-state index in [0.717, 1.165) is 28.1 Å². The molecule has 8 heteroatoms. The molecule has 4 rings (SSSR count). The van der Waals surface area contributed by atoms with Crippen LogP contribution in [0.2, 0.25) is 0 Å². The average Bonchev–Trinajstić information content (AvgIpc) is 3.34. The maximum atomic E-state index is 13.2. The fraction of sp³-hybridized carbons (Fsp3) is 0.263. The smallest absolute Gasteiger partial charge is 0.251 e. The highest BCUT2D eigenvalue weighted by Crippen LogP contribution is 2.39. The molecule has 2 heterocycles. The summed E-state index contributed by atoms with van der Waals surface area (Å²) >= 11 is 1.55. The third-order valence-electron chi connectivity index (χ3n) is 4.75. The molecular weight excluding hydrogens is 382 g/mol. The average molecular weight is 402 g/mol. The molecule has 1 unspecified atom stereocenters. The lowest BCUT2D eigenvalue weighted by atomic mass is 10.2. The fourth-order valence-corrected chi connectivity index (χ4v) is 6.21. The Morgan fingerprint density at radius 3 is 2.63 bits per heavy atom. The van der Waals surface area contributed by atoms with Crippen molar-refractivity contribution in [2.75, 3.05) is 13.6 Å². The predicted molar refractivity (Wildman–Crippen MR) is 105 cm³/mol. The molecule has 0 bridgehead atoms. The Balaban J connectivity index is 1.66. The van der Waals surface area contributed by atoms with Gasteiger partial charge in [-0.05, 0) is 49.2 Å². The predicted octanol–water partition coefficient (Wildman–Crippen LogP) is 3.18. The molecule has 3 aromatic rings. The molecule has 1 saturated heterocycles. The van der Waals surface area contributed by atoms with Crippen molar-refractivity contribution >= 4 is 37.5 Å². The lowest BCUT2D eigenvalue weighted by Crippen LogP contribution is -2.30. The molecule has 140 valence electrons. The molecule has 1 fully saturated rings. The molecule has 1 aromatic heterocycles. The highest BCUT2D eigenvalue weighted by Gasteiger charge is 2.37. The Kier molecular flexibility index (Phi) is 4.71. The molecule has 2 aromatic carbocycles. The van der Waals surface area contributed by atoms with Gasteiger partial charge in [0, 0.05) is 19.2 Å². The van der Waals surface area contributed by atoms with Crippen LogP contribution >= 0.6 is 11.3 Å². The second-order valence-electron chi connectivity index (χ2n) is 6.40. The number of para-hydroxylation sites is 1. The van der Waals surface area contributed by atoms with Crippen molar-refractivity contribution in [3.05, 3.63) is 59.1 Å². The molecule has 0 spiro atoms. The second kappa shape index (κ2) is 7.03. The van der Waals surface area contributed by atoms with Gasteiger partial charge in [-0.3, -0.25) is 4.79 Å². The highest BCUT2D eigenvalue weighted by molar-refractivity contribution is 7.89. The third-order valence-corrected chi connectivity index (χ3v) is 7.81. The van der Waals surface area contributed by atoms with Crippen molar-refractivity contribution in [2.24, 2.45) is 0 Å². The van der Waals surface area contributed by atoms with Crippen molar-refractivity contribution < 1.29 is 13.2 Å². The number of aromatic nitrogens is 1. The van der Waals surface area contributed by atoms with E-state index in [4.69, 9.17) is 0 Å². The van der Waals surface area contributed by atoms with Crippen molar-refractivity contribution in [3.63, 3.8) is 0 Å². The van der Waals surface area contributed by atoms with E-state index in [0.29, 0.717) is 12.1 Å². The first-order chi connectivity index (χ1) is 13.0. The number of amides is 1. The molecule has 1 atom stereocenters. The molecule has 6 nitrogen and oxygen atoms in total. The van der Waals surface area contributed by atoms with Gasteiger partial charge in [0.25, 0.3) is 5.91 Å². The van der Waals surface area contributed by atoms with Gasteiger partial charge in [-0.2, -0.15) is 4.31 Å². The summed E-state index contributed by atoms with van der Waals surface area (Å²) < 4.78 is 29.0. The quantitative estimate of drug-likeness (QED) is 0.728. The number of hydrogen-bond acceptors (Lipinski definition) is 5. The minimum absolute atomic E-state index is 0.197. The topological polar surface area (TPSA) is 79.4 Å². The zero-order valence-corrected chi connectivity index (χ0v) is 16.4. The molecule has 0 saturated carbocycles. The molecule has 1 amide bonds. The molecular formula is C19H19N3O3S2. The van der Waals surface area contributed by atoms with Crippen LogP contribution in [0, 0.1) is 0 Å². The summed E-state index contributed by atoms with van der Waals surface area (Å²) in [5, 5.41) is 3.36. The summed E-state index contributed by atoms with van der Waals surface area (Å²) in [6.07, 6.45) is 1.56. The van der Waals surface area contributed by atoms with Gasteiger partial charge in [0.15, 0.2) is 0 Å². The van der Waals surface area contributed by atoms with Gasteiger partial charge in [0.1, 0.15) is 5.01 Å². The van der Waals surface area contributed by atoms with Gasteiger partial charge >= 0.3 is 0 Å².